The number of aliphatic hydroxyl groups is 1. The predicted molar refractivity (Wildman–Crippen MR) is 182 cm³/mol. The van der Waals surface area contributed by atoms with Crippen LogP contribution in [0.2, 0.25) is 0 Å². The van der Waals surface area contributed by atoms with Crippen LogP contribution >= 0.6 is 0 Å². The van der Waals surface area contributed by atoms with Gasteiger partial charge >= 0.3 is 11.9 Å². The molecule has 0 aliphatic carbocycles. The Bertz CT molecular complexity index is 737. The van der Waals surface area contributed by atoms with Gasteiger partial charge in [0.15, 0.2) is 6.10 Å². The van der Waals surface area contributed by atoms with Crippen molar-refractivity contribution in [2.24, 2.45) is 0 Å². The Hall–Kier alpha value is -2.14. The van der Waals surface area contributed by atoms with E-state index in [1.165, 1.54) is 70.6 Å². The molecule has 0 unspecified atom stereocenters. The van der Waals surface area contributed by atoms with Gasteiger partial charge in [-0.3, -0.25) is 9.59 Å². The Morgan fingerprint density at radius 3 is 1.51 bits per heavy atom. The van der Waals surface area contributed by atoms with Crippen LogP contribution < -0.4 is 0 Å². The van der Waals surface area contributed by atoms with E-state index in [1.807, 2.05) is 0 Å². The number of carbonyl (C=O) groups excluding carboxylic acids is 2. The maximum atomic E-state index is 12.1. The van der Waals surface area contributed by atoms with Gasteiger partial charge in [0.25, 0.3) is 0 Å². The fraction of sp³-hybridized carbons (Fsp3) is 0.737. The monoisotopic (exact) mass is 602 g/mol. The maximum absolute atomic E-state index is 12.1. The highest BCUT2D eigenvalue weighted by Gasteiger charge is 2.16. The largest absolute Gasteiger partial charge is 0.462 e. The average Bonchev–Trinajstić information content (AvgIpc) is 3.01. The Balaban J connectivity index is 3.65. The van der Waals surface area contributed by atoms with Crippen LogP contribution in [0.5, 0.6) is 0 Å². The van der Waals surface area contributed by atoms with Crippen molar-refractivity contribution in [2.45, 2.75) is 168 Å². The molecule has 0 amide bonds. The molecule has 0 spiro atoms. The van der Waals surface area contributed by atoms with Gasteiger partial charge in [-0.25, -0.2) is 0 Å². The first kappa shape index (κ1) is 40.9. The summed E-state index contributed by atoms with van der Waals surface area (Å²) in [6, 6.07) is 0. The highest BCUT2D eigenvalue weighted by molar-refractivity contribution is 5.70. The van der Waals surface area contributed by atoms with Crippen LogP contribution in [0.3, 0.4) is 0 Å². The molecule has 5 heteroatoms. The summed E-state index contributed by atoms with van der Waals surface area (Å²) in [5.41, 5.74) is 0. The maximum Gasteiger partial charge on any atom is 0.306 e. The van der Waals surface area contributed by atoms with Crippen molar-refractivity contribution in [1.29, 1.82) is 0 Å². The van der Waals surface area contributed by atoms with Crippen molar-refractivity contribution >= 4 is 11.9 Å². The van der Waals surface area contributed by atoms with E-state index in [0.29, 0.717) is 12.8 Å². The van der Waals surface area contributed by atoms with E-state index in [1.54, 1.807) is 0 Å². The number of hydrogen-bond acceptors (Lipinski definition) is 5. The van der Waals surface area contributed by atoms with Gasteiger partial charge < -0.3 is 14.6 Å². The van der Waals surface area contributed by atoms with Gasteiger partial charge in [0.1, 0.15) is 6.61 Å². The minimum Gasteiger partial charge on any atom is -0.462 e. The molecule has 0 heterocycles. The van der Waals surface area contributed by atoms with Crippen molar-refractivity contribution in [2.75, 3.05) is 13.2 Å². The minimum atomic E-state index is -0.790. The molecular weight excluding hydrogens is 536 g/mol. The molecule has 0 aliphatic heterocycles. The highest BCUT2D eigenvalue weighted by atomic mass is 16.6. The van der Waals surface area contributed by atoms with Crippen LogP contribution in [0, 0.1) is 0 Å². The van der Waals surface area contributed by atoms with Crippen molar-refractivity contribution in [3.05, 3.63) is 48.6 Å². The molecule has 0 aliphatic rings. The molecule has 0 radical (unpaired) electrons. The Morgan fingerprint density at radius 1 is 0.558 bits per heavy atom. The number of esters is 2. The number of carbonyl (C=O) groups is 2. The lowest BCUT2D eigenvalue weighted by molar-refractivity contribution is -0.161. The average molecular weight is 603 g/mol. The summed E-state index contributed by atoms with van der Waals surface area (Å²) in [5, 5.41) is 9.51. The lowest BCUT2D eigenvalue weighted by Crippen LogP contribution is -2.28. The normalized spacial score (nSPS) is 12.7. The van der Waals surface area contributed by atoms with E-state index in [0.717, 1.165) is 64.2 Å². The summed E-state index contributed by atoms with van der Waals surface area (Å²) in [4.78, 5) is 24.1. The molecule has 0 rings (SSSR count). The fourth-order valence-corrected chi connectivity index (χ4v) is 4.72. The summed E-state index contributed by atoms with van der Waals surface area (Å²) in [7, 11) is 0. The van der Waals surface area contributed by atoms with Gasteiger partial charge in [0.05, 0.1) is 6.61 Å². The van der Waals surface area contributed by atoms with E-state index in [2.05, 4.69) is 62.5 Å². The summed E-state index contributed by atoms with van der Waals surface area (Å²) in [6.45, 7) is 3.97. The highest BCUT2D eigenvalue weighted by Crippen LogP contribution is 2.14. The summed E-state index contributed by atoms with van der Waals surface area (Å²) < 4.78 is 10.5. The second kappa shape index (κ2) is 34.4. The first-order valence-electron chi connectivity index (χ1n) is 17.7. The number of hydrogen-bond donors (Lipinski definition) is 1. The molecule has 0 saturated carbocycles. The van der Waals surface area contributed by atoms with Crippen molar-refractivity contribution < 1.29 is 24.2 Å². The van der Waals surface area contributed by atoms with Crippen molar-refractivity contribution in [3.63, 3.8) is 0 Å². The number of rotatable bonds is 31. The Kier molecular flexibility index (Phi) is 32.6. The molecule has 0 aromatic heterocycles. The van der Waals surface area contributed by atoms with Crippen LogP contribution in [0.25, 0.3) is 0 Å². The number of allylic oxidation sites excluding steroid dienone is 8. The zero-order chi connectivity index (χ0) is 31.5. The molecule has 43 heavy (non-hydrogen) atoms. The van der Waals surface area contributed by atoms with Gasteiger partial charge in [-0.1, -0.05) is 146 Å². The molecule has 0 aromatic rings. The van der Waals surface area contributed by atoms with Gasteiger partial charge in [0, 0.05) is 12.8 Å². The van der Waals surface area contributed by atoms with Crippen molar-refractivity contribution in [1.82, 2.24) is 0 Å². The number of unbranched alkanes of at least 4 members (excludes halogenated alkanes) is 15. The van der Waals surface area contributed by atoms with E-state index < -0.39 is 6.10 Å². The molecule has 5 nitrogen and oxygen atoms in total. The molecule has 0 aromatic carbocycles. The third kappa shape index (κ3) is 32.6. The molecule has 1 atom stereocenters. The molecule has 1 N–H and O–H groups in total. The predicted octanol–water partition coefficient (Wildman–Crippen LogP) is 10.7. The first-order chi connectivity index (χ1) is 21.1. The molecule has 0 saturated heterocycles. The fourth-order valence-electron chi connectivity index (χ4n) is 4.72. The van der Waals surface area contributed by atoms with Crippen LogP contribution in [-0.4, -0.2) is 36.4 Å². The minimum absolute atomic E-state index is 0.0817. The van der Waals surface area contributed by atoms with Gasteiger partial charge in [-0.2, -0.15) is 0 Å². The summed E-state index contributed by atoms with van der Waals surface area (Å²) in [5.74, 6) is -0.640. The number of ether oxygens (including phenoxy) is 2. The lowest BCUT2D eigenvalue weighted by Gasteiger charge is -2.15. The topological polar surface area (TPSA) is 72.8 Å². The van der Waals surface area contributed by atoms with E-state index in [4.69, 9.17) is 9.47 Å². The zero-order valence-electron chi connectivity index (χ0n) is 28.0. The zero-order valence-corrected chi connectivity index (χ0v) is 28.0. The second-order valence-corrected chi connectivity index (χ2v) is 11.6. The SMILES string of the molecule is CC/C=C/C/C=C/C/C=C/C/C=C/CCCCC(=O)O[C@@H](CO)COC(=O)CCCCCCCCCCCCCCCC. The smallest absolute Gasteiger partial charge is 0.306 e. The van der Waals surface area contributed by atoms with Gasteiger partial charge in [-0.15, -0.1) is 0 Å². The molecule has 0 bridgehead atoms. The molecule has 248 valence electrons. The van der Waals surface area contributed by atoms with E-state index in [9.17, 15) is 14.7 Å². The van der Waals surface area contributed by atoms with E-state index in [-0.39, 0.29) is 25.2 Å². The number of aliphatic hydroxyl groups excluding tert-OH is 1. The third-order valence-electron chi connectivity index (χ3n) is 7.39. The van der Waals surface area contributed by atoms with Gasteiger partial charge in [0.2, 0.25) is 0 Å². The molecule has 0 fully saturated rings. The van der Waals surface area contributed by atoms with Crippen LogP contribution in [0.4, 0.5) is 0 Å². The van der Waals surface area contributed by atoms with Gasteiger partial charge in [-0.05, 0) is 51.4 Å². The summed E-state index contributed by atoms with van der Waals surface area (Å²) in [6.07, 6.45) is 41.6. The van der Waals surface area contributed by atoms with Crippen LogP contribution in [-0.2, 0) is 19.1 Å². The molecular formula is C38H66O5. The lowest BCUT2D eigenvalue weighted by atomic mass is 10.0. The Labute approximate surface area is 265 Å². The second-order valence-electron chi connectivity index (χ2n) is 11.6. The third-order valence-corrected chi connectivity index (χ3v) is 7.39. The van der Waals surface area contributed by atoms with E-state index >= 15 is 0 Å². The Morgan fingerprint density at radius 2 is 1.00 bits per heavy atom. The van der Waals surface area contributed by atoms with Crippen molar-refractivity contribution in [3.8, 4) is 0 Å². The van der Waals surface area contributed by atoms with Crippen LogP contribution in [0.1, 0.15) is 162 Å². The quantitative estimate of drug-likeness (QED) is 0.0485. The van der Waals surface area contributed by atoms with Crippen LogP contribution in [0.15, 0.2) is 48.6 Å². The summed E-state index contributed by atoms with van der Waals surface area (Å²) >= 11 is 0. The first-order valence-corrected chi connectivity index (χ1v) is 17.7. The standard InChI is InChI=1S/C38H66O5/c1-3-5-7-9-11-13-15-17-19-21-23-25-27-29-31-33-38(41)43-36(34-39)35-42-37(40)32-30-28-26-24-22-20-18-16-14-12-10-8-6-4-2/h5,7,11,13,17,19,23,25,36,39H,3-4,6,8-10,12,14-16,18,20-22,24,26-35H2,1-2H3/b7-5+,13-11+,19-17+,25-23+/t36-/m0/s1.